The van der Waals surface area contributed by atoms with Gasteiger partial charge in [0.2, 0.25) is 0 Å². The van der Waals surface area contributed by atoms with Crippen molar-refractivity contribution in [2.75, 3.05) is 0 Å². The van der Waals surface area contributed by atoms with Crippen LogP contribution in [0.4, 0.5) is 13.2 Å². The zero-order valence-corrected chi connectivity index (χ0v) is 8.32. The van der Waals surface area contributed by atoms with Crippen LogP contribution < -0.4 is 0 Å². The van der Waals surface area contributed by atoms with Gasteiger partial charge in [0.15, 0.2) is 5.82 Å². The summed E-state index contributed by atoms with van der Waals surface area (Å²) >= 11 is 5.21. The standard InChI is InChI=1S/C10H2ClF3N2/c11-9-8(13)2-7(12)6(10(9)14)1-5(3-15)4-16/h1-2H. The highest BCUT2D eigenvalue weighted by Crippen LogP contribution is 2.26. The van der Waals surface area contributed by atoms with E-state index in [-0.39, 0.29) is 0 Å². The van der Waals surface area contributed by atoms with Gasteiger partial charge in [-0.15, -0.1) is 0 Å². The Kier molecular flexibility index (Phi) is 3.55. The highest BCUT2D eigenvalue weighted by atomic mass is 35.5. The van der Waals surface area contributed by atoms with Crippen molar-refractivity contribution in [3.8, 4) is 12.1 Å². The Morgan fingerprint density at radius 1 is 1.19 bits per heavy atom. The summed E-state index contributed by atoms with van der Waals surface area (Å²) < 4.78 is 39.2. The van der Waals surface area contributed by atoms with E-state index in [2.05, 4.69) is 0 Å². The molecule has 0 bridgehead atoms. The lowest BCUT2D eigenvalue weighted by atomic mass is 10.1. The molecule has 1 aromatic carbocycles. The van der Waals surface area contributed by atoms with Crippen molar-refractivity contribution in [1.82, 2.24) is 0 Å². The van der Waals surface area contributed by atoms with Crippen molar-refractivity contribution in [1.29, 1.82) is 10.5 Å². The summed E-state index contributed by atoms with van der Waals surface area (Å²) in [5.74, 6) is -3.83. The molecule has 0 saturated heterocycles. The minimum absolute atomic E-state index is 0.379. The van der Waals surface area contributed by atoms with Crippen LogP contribution in [0.3, 0.4) is 0 Å². The van der Waals surface area contributed by atoms with Crippen LogP contribution in [0.25, 0.3) is 6.08 Å². The van der Waals surface area contributed by atoms with Gasteiger partial charge in [-0.1, -0.05) is 11.6 Å². The predicted molar refractivity (Wildman–Crippen MR) is 50.5 cm³/mol. The molecule has 0 amide bonds. The van der Waals surface area contributed by atoms with E-state index >= 15 is 0 Å². The summed E-state index contributed by atoms with van der Waals surface area (Å²) in [4.78, 5) is 0. The first-order valence-corrected chi connectivity index (χ1v) is 4.24. The molecular weight excluding hydrogens is 241 g/mol. The third kappa shape index (κ3) is 2.16. The highest BCUT2D eigenvalue weighted by molar-refractivity contribution is 6.31. The molecule has 0 N–H and O–H groups in total. The van der Waals surface area contributed by atoms with E-state index in [9.17, 15) is 13.2 Å². The molecule has 0 radical (unpaired) electrons. The second kappa shape index (κ2) is 4.69. The summed E-state index contributed by atoms with van der Waals surface area (Å²) in [6.07, 6.45) is 0.663. The van der Waals surface area contributed by atoms with Crippen molar-refractivity contribution in [2.24, 2.45) is 0 Å². The quantitative estimate of drug-likeness (QED) is 0.431. The van der Waals surface area contributed by atoms with Crippen molar-refractivity contribution in [3.05, 3.63) is 39.7 Å². The minimum atomic E-state index is -1.35. The molecule has 0 atom stereocenters. The van der Waals surface area contributed by atoms with Gasteiger partial charge in [0.05, 0.1) is 0 Å². The van der Waals surface area contributed by atoms with Crippen LogP contribution in [0, 0.1) is 40.1 Å². The van der Waals surface area contributed by atoms with Gasteiger partial charge >= 0.3 is 0 Å². The molecule has 0 aliphatic carbocycles. The van der Waals surface area contributed by atoms with Gasteiger partial charge in [-0.25, -0.2) is 13.2 Å². The fourth-order valence-corrected chi connectivity index (χ4v) is 1.10. The third-order valence-electron chi connectivity index (χ3n) is 1.68. The molecule has 0 heterocycles. The number of benzene rings is 1. The molecule has 0 unspecified atom stereocenters. The molecule has 0 spiro atoms. The third-order valence-corrected chi connectivity index (χ3v) is 2.03. The maximum absolute atomic E-state index is 13.3. The number of nitrogens with zero attached hydrogens (tertiary/aromatic N) is 2. The van der Waals surface area contributed by atoms with Crippen LogP contribution in [0.1, 0.15) is 5.56 Å². The second-order valence-electron chi connectivity index (χ2n) is 2.66. The maximum Gasteiger partial charge on any atom is 0.155 e. The van der Waals surface area contributed by atoms with Crippen LogP contribution in [-0.4, -0.2) is 0 Å². The fraction of sp³-hybridized carbons (Fsp3) is 0. The molecule has 1 aromatic rings. The van der Waals surface area contributed by atoms with Gasteiger partial charge in [-0.05, 0) is 6.08 Å². The molecule has 0 aliphatic rings. The first kappa shape index (κ1) is 12.1. The number of rotatable bonds is 1. The minimum Gasteiger partial charge on any atom is -0.206 e. The Hall–Kier alpha value is -1.98. The Morgan fingerprint density at radius 3 is 2.25 bits per heavy atom. The summed E-state index contributed by atoms with van der Waals surface area (Å²) in [7, 11) is 0. The Bertz CT molecular complexity index is 537. The first-order valence-electron chi connectivity index (χ1n) is 3.86. The monoisotopic (exact) mass is 242 g/mol. The molecule has 2 nitrogen and oxygen atoms in total. The number of hydrogen-bond acceptors (Lipinski definition) is 2. The first-order chi connectivity index (χ1) is 7.51. The van der Waals surface area contributed by atoms with Crippen LogP contribution in [0.2, 0.25) is 5.02 Å². The zero-order valence-electron chi connectivity index (χ0n) is 7.56. The van der Waals surface area contributed by atoms with E-state index in [1.54, 1.807) is 0 Å². The van der Waals surface area contributed by atoms with Crippen LogP contribution in [-0.2, 0) is 0 Å². The van der Waals surface area contributed by atoms with E-state index in [4.69, 9.17) is 22.1 Å². The predicted octanol–water partition coefficient (Wildman–Crippen LogP) is 3.19. The molecule has 80 valence electrons. The average molecular weight is 243 g/mol. The van der Waals surface area contributed by atoms with E-state index in [1.807, 2.05) is 0 Å². The number of hydrogen-bond donors (Lipinski definition) is 0. The largest absolute Gasteiger partial charge is 0.206 e. The summed E-state index contributed by atoms with van der Waals surface area (Å²) in [6.45, 7) is 0. The van der Waals surface area contributed by atoms with Crippen molar-refractivity contribution in [3.63, 3.8) is 0 Å². The number of nitriles is 2. The van der Waals surface area contributed by atoms with Gasteiger partial charge in [-0.2, -0.15) is 10.5 Å². The molecule has 16 heavy (non-hydrogen) atoms. The number of allylic oxidation sites excluding steroid dienone is 1. The van der Waals surface area contributed by atoms with E-state index in [0.717, 1.165) is 0 Å². The van der Waals surface area contributed by atoms with Gasteiger partial charge in [0.1, 0.15) is 34.4 Å². The van der Waals surface area contributed by atoms with Crippen LogP contribution >= 0.6 is 11.6 Å². The summed E-state index contributed by atoms with van der Waals surface area (Å²) in [5, 5.41) is 15.9. The van der Waals surface area contributed by atoms with Gasteiger partial charge in [-0.3, -0.25) is 0 Å². The van der Waals surface area contributed by atoms with Crippen molar-refractivity contribution < 1.29 is 13.2 Å². The Balaban J connectivity index is 3.49. The van der Waals surface area contributed by atoms with Crippen molar-refractivity contribution in [2.45, 2.75) is 0 Å². The summed E-state index contributed by atoms with van der Waals surface area (Å²) in [6, 6.07) is 3.22. The van der Waals surface area contributed by atoms with Gasteiger partial charge in [0.25, 0.3) is 0 Å². The van der Waals surface area contributed by atoms with Crippen LogP contribution in [0.15, 0.2) is 11.6 Å². The molecule has 1 rings (SSSR count). The smallest absolute Gasteiger partial charge is 0.155 e. The van der Waals surface area contributed by atoms with E-state index < -0.39 is 33.6 Å². The highest BCUT2D eigenvalue weighted by Gasteiger charge is 2.16. The number of halogens is 4. The molecule has 0 aliphatic heterocycles. The normalized spacial score (nSPS) is 9.12. The van der Waals surface area contributed by atoms with Crippen molar-refractivity contribution >= 4 is 17.7 Å². The SMILES string of the molecule is N#CC(C#N)=Cc1c(F)cc(F)c(Cl)c1F. The Morgan fingerprint density at radius 2 is 1.75 bits per heavy atom. The van der Waals surface area contributed by atoms with E-state index in [0.29, 0.717) is 12.1 Å². The fourth-order valence-electron chi connectivity index (χ4n) is 0.946. The topological polar surface area (TPSA) is 47.6 Å². The molecular formula is C10H2ClF3N2. The zero-order chi connectivity index (χ0) is 12.3. The molecule has 0 aromatic heterocycles. The van der Waals surface area contributed by atoms with Gasteiger partial charge in [0, 0.05) is 11.6 Å². The average Bonchev–Trinajstić information content (AvgIpc) is 2.27. The maximum atomic E-state index is 13.3. The van der Waals surface area contributed by atoms with Crippen LogP contribution in [0.5, 0.6) is 0 Å². The molecule has 6 heteroatoms. The lowest BCUT2D eigenvalue weighted by Crippen LogP contribution is -1.94. The Labute approximate surface area is 93.8 Å². The lowest BCUT2D eigenvalue weighted by Gasteiger charge is -2.02. The second-order valence-corrected chi connectivity index (χ2v) is 3.04. The summed E-state index contributed by atoms with van der Waals surface area (Å²) in [5.41, 5.74) is -1.23. The van der Waals surface area contributed by atoms with Gasteiger partial charge < -0.3 is 0 Å². The lowest BCUT2D eigenvalue weighted by molar-refractivity contribution is 0.540. The molecule has 0 saturated carbocycles. The molecule has 0 fully saturated rings. The van der Waals surface area contributed by atoms with E-state index in [1.165, 1.54) is 12.1 Å².